The second kappa shape index (κ2) is 34.9. The molecule has 0 rings (SSSR count). The standard InChI is InChI=1S/C39H69O8P/c1-3-5-7-9-11-13-15-17-19-21-23-25-27-29-31-33-38(40)45-35-37(36-46-48(42,43)44)47-39(41)34-32-30-28-26-24-22-20-18-16-14-12-10-8-6-4-2/h6,8,12,14,18,20,24,26,37H,3-5,7,9-11,13,15-17,19,21-23,25,27-36H2,1-2H3,(H2,42,43,44)/b8-6-,14-12-,20-18-,26-24-. The van der Waals surface area contributed by atoms with Crippen LogP contribution in [0.1, 0.15) is 168 Å². The molecule has 0 bridgehead atoms. The van der Waals surface area contributed by atoms with Crippen LogP contribution < -0.4 is 0 Å². The van der Waals surface area contributed by atoms with Crippen molar-refractivity contribution in [1.29, 1.82) is 0 Å². The predicted octanol–water partition coefficient (Wildman–Crippen LogP) is 11.2. The van der Waals surface area contributed by atoms with Gasteiger partial charge in [0.1, 0.15) is 6.61 Å². The van der Waals surface area contributed by atoms with Crippen LogP contribution in [0.4, 0.5) is 0 Å². The molecule has 1 atom stereocenters. The predicted molar refractivity (Wildman–Crippen MR) is 198 cm³/mol. The summed E-state index contributed by atoms with van der Waals surface area (Å²) in [5.41, 5.74) is 0. The summed E-state index contributed by atoms with van der Waals surface area (Å²) in [6.07, 6.45) is 41.2. The van der Waals surface area contributed by atoms with Gasteiger partial charge in [0.2, 0.25) is 0 Å². The average Bonchev–Trinajstić information content (AvgIpc) is 3.05. The first-order chi connectivity index (χ1) is 23.3. The zero-order valence-corrected chi connectivity index (χ0v) is 31.3. The molecule has 0 heterocycles. The minimum Gasteiger partial charge on any atom is -0.462 e. The number of phosphoric ester groups is 1. The van der Waals surface area contributed by atoms with Gasteiger partial charge in [0.25, 0.3) is 0 Å². The topological polar surface area (TPSA) is 119 Å². The molecule has 0 radical (unpaired) electrons. The van der Waals surface area contributed by atoms with Gasteiger partial charge in [-0.1, -0.05) is 152 Å². The molecule has 48 heavy (non-hydrogen) atoms. The van der Waals surface area contributed by atoms with Crippen LogP contribution in [0.5, 0.6) is 0 Å². The summed E-state index contributed by atoms with van der Waals surface area (Å²) in [5, 5.41) is 0. The average molecular weight is 697 g/mol. The Kier molecular flexibility index (Phi) is 33.4. The Labute approximate surface area is 293 Å². The zero-order valence-electron chi connectivity index (χ0n) is 30.4. The van der Waals surface area contributed by atoms with Crippen molar-refractivity contribution in [1.82, 2.24) is 0 Å². The summed E-state index contributed by atoms with van der Waals surface area (Å²) >= 11 is 0. The molecule has 0 aliphatic rings. The van der Waals surface area contributed by atoms with E-state index >= 15 is 0 Å². The Balaban J connectivity index is 4.03. The van der Waals surface area contributed by atoms with Crippen molar-refractivity contribution in [2.75, 3.05) is 13.2 Å². The molecule has 0 spiro atoms. The molecule has 9 heteroatoms. The number of allylic oxidation sites excluding steroid dienone is 8. The van der Waals surface area contributed by atoms with E-state index in [2.05, 4.69) is 67.0 Å². The summed E-state index contributed by atoms with van der Waals surface area (Å²) in [5.74, 6) is -0.933. The lowest BCUT2D eigenvalue weighted by molar-refractivity contribution is -0.161. The molecule has 0 saturated heterocycles. The Morgan fingerprint density at radius 1 is 0.562 bits per heavy atom. The van der Waals surface area contributed by atoms with E-state index in [-0.39, 0.29) is 19.4 Å². The number of phosphoric acid groups is 1. The van der Waals surface area contributed by atoms with E-state index in [0.29, 0.717) is 6.42 Å². The fourth-order valence-corrected chi connectivity index (χ4v) is 5.43. The van der Waals surface area contributed by atoms with Gasteiger partial charge in [-0.05, 0) is 51.4 Å². The number of unbranched alkanes of at least 4 members (excludes halogenated alkanes) is 16. The van der Waals surface area contributed by atoms with Gasteiger partial charge in [-0.15, -0.1) is 0 Å². The van der Waals surface area contributed by atoms with Gasteiger partial charge >= 0.3 is 19.8 Å². The number of hydrogen-bond acceptors (Lipinski definition) is 6. The maximum atomic E-state index is 12.3. The first kappa shape index (κ1) is 46.0. The van der Waals surface area contributed by atoms with Crippen LogP contribution in [-0.2, 0) is 28.2 Å². The van der Waals surface area contributed by atoms with Crippen molar-refractivity contribution in [2.45, 2.75) is 174 Å². The minimum atomic E-state index is -4.76. The highest BCUT2D eigenvalue weighted by atomic mass is 31.2. The second-order valence-electron chi connectivity index (χ2n) is 12.5. The summed E-state index contributed by atoms with van der Waals surface area (Å²) in [6.45, 7) is 3.53. The maximum absolute atomic E-state index is 12.3. The lowest BCUT2D eigenvalue weighted by atomic mass is 10.0. The smallest absolute Gasteiger partial charge is 0.462 e. The van der Waals surface area contributed by atoms with Crippen LogP contribution in [0.25, 0.3) is 0 Å². The lowest BCUT2D eigenvalue weighted by Gasteiger charge is -2.18. The van der Waals surface area contributed by atoms with Crippen molar-refractivity contribution < 1.29 is 37.9 Å². The second-order valence-corrected chi connectivity index (χ2v) is 13.8. The molecule has 0 saturated carbocycles. The van der Waals surface area contributed by atoms with Crippen LogP contribution in [0.2, 0.25) is 0 Å². The van der Waals surface area contributed by atoms with E-state index in [0.717, 1.165) is 57.8 Å². The van der Waals surface area contributed by atoms with Crippen molar-refractivity contribution in [3.05, 3.63) is 48.6 Å². The van der Waals surface area contributed by atoms with E-state index in [4.69, 9.17) is 19.3 Å². The highest BCUT2D eigenvalue weighted by Crippen LogP contribution is 2.36. The molecule has 0 aromatic carbocycles. The van der Waals surface area contributed by atoms with Gasteiger partial charge in [-0.2, -0.15) is 0 Å². The summed E-state index contributed by atoms with van der Waals surface area (Å²) < 4.78 is 26.3. The largest absolute Gasteiger partial charge is 0.469 e. The number of hydrogen-bond donors (Lipinski definition) is 2. The lowest BCUT2D eigenvalue weighted by Crippen LogP contribution is -2.29. The van der Waals surface area contributed by atoms with Gasteiger partial charge in [0, 0.05) is 12.8 Å². The van der Waals surface area contributed by atoms with E-state index in [9.17, 15) is 14.2 Å². The number of ether oxygens (including phenoxy) is 2. The number of rotatable bonds is 34. The first-order valence-corrected chi connectivity index (χ1v) is 20.5. The minimum absolute atomic E-state index is 0.160. The van der Waals surface area contributed by atoms with Crippen LogP contribution in [0, 0.1) is 0 Å². The molecule has 0 amide bonds. The van der Waals surface area contributed by atoms with E-state index in [1.165, 1.54) is 77.0 Å². The SMILES string of the molecule is CC/C=C\C/C=C\C/C=C\C/C=C\CCCCC(=O)OC(COC(=O)CCCCCCCCCCCCCCCCC)COP(=O)(O)O. The van der Waals surface area contributed by atoms with Crippen LogP contribution in [0.3, 0.4) is 0 Å². The quantitative estimate of drug-likeness (QED) is 0.0295. The molecule has 278 valence electrons. The Bertz CT molecular complexity index is 921. The van der Waals surface area contributed by atoms with Crippen molar-refractivity contribution in [3.8, 4) is 0 Å². The highest BCUT2D eigenvalue weighted by Gasteiger charge is 2.22. The third kappa shape index (κ3) is 36.8. The highest BCUT2D eigenvalue weighted by molar-refractivity contribution is 7.46. The van der Waals surface area contributed by atoms with Crippen LogP contribution >= 0.6 is 7.82 Å². The van der Waals surface area contributed by atoms with Gasteiger partial charge in [0.15, 0.2) is 6.10 Å². The molecule has 1 unspecified atom stereocenters. The molecule has 0 aliphatic carbocycles. The Hall–Kier alpha value is -1.99. The maximum Gasteiger partial charge on any atom is 0.469 e. The van der Waals surface area contributed by atoms with Crippen molar-refractivity contribution in [2.24, 2.45) is 0 Å². The number of carbonyl (C=O) groups excluding carboxylic acids is 2. The van der Waals surface area contributed by atoms with Gasteiger partial charge in [0.05, 0.1) is 6.61 Å². The fraction of sp³-hybridized carbons (Fsp3) is 0.744. The molecule has 8 nitrogen and oxygen atoms in total. The van der Waals surface area contributed by atoms with E-state index in [1.54, 1.807) is 0 Å². The number of carbonyl (C=O) groups is 2. The van der Waals surface area contributed by atoms with E-state index in [1.807, 2.05) is 0 Å². The van der Waals surface area contributed by atoms with Crippen molar-refractivity contribution >= 4 is 19.8 Å². The zero-order chi connectivity index (χ0) is 35.4. The van der Waals surface area contributed by atoms with Crippen LogP contribution in [-0.4, -0.2) is 41.0 Å². The summed E-state index contributed by atoms with van der Waals surface area (Å²) in [7, 11) is -4.76. The van der Waals surface area contributed by atoms with Crippen LogP contribution in [0.15, 0.2) is 48.6 Å². The van der Waals surface area contributed by atoms with E-state index < -0.39 is 32.5 Å². The molecular weight excluding hydrogens is 627 g/mol. The molecule has 0 aliphatic heterocycles. The molecule has 0 aromatic rings. The summed E-state index contributed by atoms with van der Waals surface area (Å²) in [6, 6.07) is 0. The van der Waals surface area contributed by atoms with Gasteiger partial charge in [-0.25, -0.2) is 4.57 Å². The van der Waals surface area contributed by atoms with Gasteiger partial charge in [-0.3, -0.25) is 14.1 Å². The third-order valence-electron chi connectivity index (χ3n) is 7.86. The first-order valence-electron chi connectivity index (χ1n) is 18.9. The molecule has 0 aromatic heterocycles. The van der Waals surface area contributed by atoms with Crippen molar-refractivity contribution in [3.63, 3.8) is 0 Å². The molecule has 0 fully saturated rings. The normalized spacial score (nSPS) is 13.0. The molecule has 2 N–H and O–H groups in total. The Morgan fingerprint density at radius 3 is 1.50 bits per heavy atom. The fourth-order valence-electron chi connectivity index (χ4n) is 5.07. The van der Waals surface area contributed by atoms with Gasteiger partial charge < -0.3 is 19.3 Å². The summed E-state index contributed by atoms with van der Waals surface area (Å²) in [4.78, 5) is 42.7. The number of esters is 2. The third-order valence-corrected chi connectivity index (χ3v) is 8.35. The Morgan fingerprint density at radius 2 is 1.00 bits per heavy atom. The molecular formula is C39H69O8P. The monoisotopic (exact) mass is 696 g/mol.